The van der Waals surface area contributed by atoms with Gasteiger partial charge in [0, 0.05) is 24.2 Å². The van der Waals surface area contributed by atoms with Crippen molar-refractivity contribution in [2.45, 2.75) is 37.6 Å². The normalized spacial score (nSPS) is 22.4. The highest BCUT2D eigenvalue weighted by Crippen LogP contribution is 2.31. The van der Waals surface area contributed by atoms with Crippen LogP contribution >= 0.6 is 0 Å². The van der Waals surface area contributed by atoms with Gasteiger partial charge < -0.3 is 4.74 Å². The molecular formula is C16H19NO4. The molecule has 0 amide bonds. The molecule has 2 rings (SSSR count). The summed E-state index contributed by atoms with van der Waals surface area (Å²) in [4.78, 5) is 22.9. The third-order valence-electron chi connectivity index (χ3n) is 3.99. The lowest BCUT2D eigenvalue weighted by Gasteiger charge is -2.26. The Kier molecular flexibility index (Phi) is 4.73. The molecule has 1 aliphatic rings. The summed E-state index contributed by atoms with van der Waals surface area (Å²) in [6.07, 6.45) is 5.86. The van der Waals surface area contributed by atoms with Crippen molar-refractivity contribution in [1.82, 2.24) is 0 Å². The molecule has 0 bridgehead atoms. The highest BCUT2D eigenvalue weighted by atomic mass is 16.6. The summed E-state index contributed by atoms with van der Waals surface area (Å²) in [5.41, 5.74) is -0.487. The number of carbonyl (C=O) groups is 1. The summed E-state index contributed by atoms with van der Waals surface area (Å²) in [5.74, 6) is 0.523. The number of ketones is 1. The Bertz CT molecular complexity index is 550. The van der Waals surface area contributed by atoms with E-state index in [1.165, 1.54) is 0 Å². The highest BCUT2D eigenvalue weighted by molar-refractivity contribution is 5.88. The Morgan fingerprint density at radius 3 is 2.62 bits per heavy atom. The Morgan fingerprint density at radius 2 is 2.05 bits per heavy atom. The van der Waals surface area contributed by atoms with Crippen molar-refractivity contribution in [1.29, 1.82) is 0 Å². The summed E-state index contributed by atoms with van der Waals surface area (Å²) in [6.45, 7) is 0. The average Bonchev–Trinajstić information content (AvgIpc) is 2.50. The van der Waals surface area contributed by atoms with E-state index in [0.29, 0.717) is 12.8 Å². The number of methoxy groups -OCH3 is 1. The minimum Gasteiger partial charge on any atom is -0.497 e. The van der Waals surface area contributed by atoms with E-state index in [-0.39, 0.29) is 12.2 Å². The van der Waals surface area contributed by atoms with Crippen LogP contribution in [0.5, 0.6) is 5.75 Å². The predicted octanol–water partition coefficient (Wildman–Crippen LogP) is 3.26. The maximum absolute atomic E-state index is 12.0. The molecule has 21 heavy (non-hydrogen) atoms. The summed E-state index contributed by atoms with van der Waals surface area (Å²) >= 11 is 0. The quantitative estimate of drug-likeness (QED) is 0.616. The van der Waals surface area contributed by atoms with E-state index in [9.17, 15) is 14.9 Å². The van der Waals surface area contributed by atoms with Gasteiger partial charge >= 0.3 is 0 Å². The first-order valence-electron chi connectivity index (χ1n) is 7.07. The minimum atomic E-state index is -1.42. The molecule has 0 saturated heterocycles. The van der Waals surface area contributed by atoms with Gasteiger partial charge in [-0.05, 0) is 30.5 Å². The van der Waals surface area contributed by atoms with Crippen LogP contribution in [0.1, 0.15) is 37.7 Å². The van der Waals surface area contributed by atoms with Crippen LogP contribution in [0.15, 0.2) is 30.3 Å². The second-order valence-electron chi connectivity index (χ2n) is 5.30. The number of rotatable bonds is 5. The van der Waals surface area contributed by atoms with Gasteiger partial charge in [0.1, 0.15) is 5.75 Å². The largest absolute Gasteiger partial charge is 0.497 e. The van der Waals surface area contributed by atoms with Crippen molar-refractivity contribution in [2.75, 3.05) is 7.11 Å². The van der Waals surface area contributed by atoms with E-state index in [1.54, 1.807) is 13.2 Å². The zero-order chi connectivity index (χ0) is 15.3. The van der Waals surface area contributed by atoms with Crippen LogP contribution in [-0.4, -0.2) is 23.4 Å². The van der Waals surface area contributed by atoms with Gasteiger partial charge in [0.15, 0.2) is 0 Å². The van der Waals surface area contributed by atoms with E-state index in [0.717, 1.165) is 24.2 Å². The first kappa shape index (κ1) is 15.2. The van der Waals surface area contributed by atoms with Crippen molar-refractivity contribution >= 4 is 11.9 Å². The zero-order valence-electron chi connectivity index (χ0n) is 12.1. The van der Waals surface area contributed by atoms with Crippen molar-refractivity contribution in [3.05, 3.63) is 46.0 Å². The number of Topliss-reactive ketones (excluding diaryl/α,β-unsaturated/α-hetero) is 1. The van der Waals surface area contributed by atoms with Crippen LogP contribution in [0.2, 0.25) is 0 Å². The third-order valence-corrected chi connectivity index (χ3v) is 3.99. The molecule has 1 aromatic rings. The maximum atomic E-state index is 12.0. The molecule has 1 fully saturated rings. The fourth-order valence-corrected chi connectivity index (χ4v) is 2.66. The number of benzene rings is 1. The molecule has 0 heterocycles. The van der Waals surface area contributed by atoms with Gasteiger partial charge in [-0.2, -0.15) is 0 Å². The van der Waals surface area contributed by atoms with Gasteiger partial charge in [0.05, 0.1) is 7.11 Å². The van der Waals surface area contributed by atoms with Crippen LogP contribution in [0.4, 0.5) is 0 Å². The van der Waals surface area contributed by atoms with Crippen LogP contribution in [0.3, 0.4) is 0 Å². The highest BCUT2D eigenvalue weighted by Gasteiger charge is 2.50. The fourth-order valence-electron chi connectivity index (χ4n) is 2.66. The van der Waals surface area contributed by atoms with Crippen LogP contribution < -0.4 is 4.74 Å². The molecule has 1 aliphatic carbocycles. The molecule has 0 unspecified atom stereocenters. The number of hydrogen-bond acceptors (Lipinski definition) is 4. The van der Waals surface area contributed by atoms with Crippen LogP contribution in [0.25, 0.3) is 6.08 Å². The molecule has 0 N–H and O–H groups in total. The summed E-state index contributed by atoms with van der Waals surface area (Å²) < 4.78 is 5.07. The number of carbonyl (C=O) groups excluding carboxylic acids is 1. The van der Waals surface area contributed by atoms with Crippen LogP contribution in [0, 0.1) is 10.1 Å². The van der Waals surface area contributed by atoms with E-state index >= 15 is 0 Å². The SMILES string of the molecule is COc1ccc(/C=C\C[C@]2([N+](=O)[O-])CCCCC2=O)cc1. The maximum Gasteiger partial charge on any atom is 0.282 e. The summed E-state index contributed by atoms with van der Waals surface area (Å²) in [5, 5.41) is 11.3. The lowest BCUT2D eigenvalue weighted by Crippen LogP contribution is -2.48. The number of nitro groups is 1. The third kappa shape index (κ3) is 3.29. The average molecular weight is 289 g/mol. The Labute approximate surface area is 123 Å². The topological polar surface area (TPSA) is 69.4 Å². The van der Waals surface area contributed by atoms with Gasteiger partial charge in [-0.25, -0.2) is 0 Å². The van der Waals surface area contributed by atoms with E-state index in [1.807, 2.05) is 30.3 Å². The fraction of sp³-hybridized carbons (Fsp3) is 0.438. The number of nitrogens with zero attached hydrogens (tertiary/aromatic N) is 1. The van der Waals surface area contributed by atoms with E-state index < -0.39 is 10.5 Å². The molecular weight excluding hydrogens is 270 g/mol. The van der Waals surface area contributed by atoms with E-state index in [4.69, 9.17) is 4.74 Å². The Morgan fingerprint density at radius 1 is 1.33 bits per heavy atom. The summed E-state index contributed by atoms with van der Waals surface area (Å²) in [7, 11) is 1.60. The van der Waals surface area contributed by atoms with Gasteiger partial charge in [0.2, 0.25) is 5.78 Å². The van der Waals surface area contributed by atoms with E-state index in [2.05, 4.69) is 0 Å². The lowest BCUT2D eigenvalue weighted by molar-refractivity contribution is -0.553. The van der Waals surface area contributed by atoms with Gasteiger partial charge in [-0.1, -0.05) is 24.3 Å². The lowest BCUT2D eigenvalue weighted by atomic mass is 9.78. The summed E-state index contributed by atoms with van der Waals surface area (Å²) in [6, 6.07) is 7.40. The molecule has 1 atom stereocenters. The molecule has 5 heteroatoms. The molecule has 112 valence electrons. The Hall–Kier alpha value is -2.17. The van der Waals surface area contributed by atoms with Crippen molar-refractivity contribution in [2.24, 2.45) is 0 Å². The predicted molar refractivity (Wildman–Crippen MR) is 79.8 cm³/mol. The molecule has 0 radical (unpaired) electrons. The van der Waals surface area contributed by atoms with Gasteiger partial charge in [-0.15, -0.1) is 0 Å². The van der Waals surface area contributed by atoms with Crippen molar-refractivity contribution in [3.63, 3.8) is 0 Å². The first-order chi connectivity index (χ1) is 10.1. The number of hydrogen-bond donors (Lipinski definition) is 0. The van der Waals surface area contributed by atoms with Crippen molar-refractivity contribution < 1.29 is 14.5 Å². The van der Waals surface area contributed by atoms with Gasteiger partial charge in [0.25, 0.3) is 5.54 Å². The standard InChI is InChI=1S/C16H19NO4/c1-21-14-9-7-13(8-10-14)5-4-12-16(17(19)20)11-3-2-6-15(16)18/h4-5,7-10H,2-3,6,11-12H2,1H3/b5-4-/t16-/m1/s1. The first-order valence-corrected chi connectivity index (χ1v) is 7.07. The number of ether oxygens (including phenoxy) is 1. The molecule has 1 aromatic carbocycles. The zero-order valence-corrected chi connectivity index (χ0v) is 12.1. The molecule has 1 saturated carbocycles. The second kappa shape index (κ2) is 6.52. The molecule has 5 nitrogen and oxygen atoms in total. The van der Waals surface area contributed by atoms with Gasteiger partial charge in [-0.3, -0.25) is 14.9 Å². The Balaban J connectivity index is 2.09. The smallest absolute Gasteiger partial charge is 0.282 e. The molecule has 0 aromatic heterocycles. The molecule has 0 spiro atoms. The van der Waals surface area contributed by atoms with Crippen LogP contribution in [-0.2, 0) is 4.79 Å². The minimum absolute atomic E-state index is 0.158. The monoisotopic (exact) mass is 289 g/mol. The van der Waals surface area contributed by atoms with Crippen molar-refractivity contribution in [3.8, 4) is 5.75 Å². The second-order valence-corrected chi connectivity index (χ2v) is 5.30. The molecule has 0 aliphatic heterocycles.